The molecule has 0 spiro atoms. The number of hydrogen-bond donors (Lipinski definition) is 1. The van der Waals surface area contributed by atoms with Crippen molar-refractivity contribution in [3.63, 3.8) is 0 Å². The monoisotopic (exact) mass is 151 g/mol. The third-order valence-corrected chi connectivity index (χ3v) is 2.28. The van der Waals surface area contributed by atoms with Gasteiger partial charge in [0.1, 0.15) is 0 Å². The minimum atomic E-state index is 0. The summed E-state index contributed by atoms with van der Waals surface area (Å²) in [5.74, 6) is 1.22. The summed E-state index contributed by atoms with van der Waals surface area (Å²) in [4.78, 5) is 0. The molecule has 0 aromatic carbocycles. The van der Waals surface area contributed by atoms with Gasteiger partial charge in [-0.05, 0) is 11.8 Å². The summed E-state index contributed by atoms with van der Waals surface area (Å²) in [5.41, 5.74) is 0. The summed E-state index contributed by atoms with van der Waals surface area (Å²) >= 11 is 5.95. The molecule has 0 saturated carbocycles. The van der Waals surface area contributed by atoms with Crippen LogP contribution < -0.4 is 6.15 Å². The molecule has 0 bridgehead atoms. The van der Waals surface area contributed by atoms with Gasteiger partial charge in [0.25, 0.3) is 0 Å². The molecule has 0 unspecified atom stereocenters. The first-order chi connectivity index (χ1) is 3.55. The van der Waals surface area contributed by atoms with Gasteiger partial charge in [-0.15, -0.1) is 11.6 Å². The third-order valence-electron chi connectivity index (χ3n) is 1.27. The van der Waals surface area contributed by atoms with Gasteiger partial charge in [0, 0.05) is 5.38 Å². The molecule has 0 aliphatic heterocycles. The van der Waals surface area contributed by atoms with E-state index in [1.165, 1.54) is 0 Å². The van der Waals surface area contributed by atoms with Crippen LogP contribution in [0.5, 0.6) is 0 Å². The molecule has 58 valence electrons. The highest BCUT2D eigenvalue weighted by atomic mass is 35.5. The van der Waals surface area contributed by atoms with Gasteiger partial charge in [-0.25, -0.2) is 0 Å². The van der Waals surface area contributed by atoms with Gasteiger partial charge in [-0.1, -0.05) is 27.7 Å². The molecule has 0 aromatic rings. The summed E-state index contributed by atoms with van der Waals surface area (Å²) in [6, 6.07) is 0. The largest absolute Gasteiger partial charge is 0.344 e. The molecule has 0 atom stereocenters. The molecule has 1 nitrogen and oxygen atoms in total. The zero-order chi connectivity index (χ0) is 6.73. The van der Waals surface area contributed by atoms with Gasteiger partial charge in [0.15, 0.2) is 0 Å². The molecule has 0 amide bonds. The summed E-state index contributed by atoms with van der Waals surface area (Å²) in [7, 11) is 0. The fourth-order valence-corrected chi connectivity index (χ4v) is 0.770. The van der Waals surface area contributed by atoms with Crippen molar-refractivity contribution >= 4 is 11.6 Å². The van der Waals surface area contributed by atoms with Crippen LogP contribution in [0.4, 0.5) is 0 Å². The highest BCUT2D eigenvalue weighted by Crippen LogP contribution is 2.17. The van der Waals surface area contributed by atoms with Gasteiger partial charge in [-0.2, -0.15) is 0 Å². The minimum absolute atomic E-state index is 0. The lowest BCUT2D eigenvalue weighted by atomic mass is 10.0. The predicted molar refractivity (Wildman–Crippen MR) is 44.3 cm³/mol. The molecular weight excluding hydrogens is 134 g/mol. The van der Waals surface area contributed by atoms with Crippen LogP contribution in [0, 0.1) is 11.8 Å². The number of halogens is 1. The van der Waals surface area contributed by atoms with Crippen LogP contribution in [0.3, 0.4) is 0 Å². The topological polar surface area (TPSA) is 35.0 Å². The van der Waals surface area contributed by atoms with E-state index in [0.717, 1.165) is 0 Å². The molecule has 0 rings (SSSR count). The lowest BCUT2D eigenvalue weighted by molar-refractivity contribution is 0.479. The Morgan fingerprint density at radius 1 is 0.889 bits per heavy atom. The second kappa shape index (κ2) is 5.07. The molecule has 3 N–H and O–H groups in total. The molecule has 9 heavy (non-hydrogen) atoms. The molecule has 2 heteroatoms. The normalized spacial score (nSPS) is 10.7. The summed E-state index contributed by atoms with van der Waals surface area (Å²) in [6.07, 6.45) is 0. The number of rotatable bonds is 2. The zero-order valence-corrected chi connectivity index (χ0v) is 7.57. The summed E-state index contributed by atoms with van der Waals surface area (Å²) in [6.45, 7) is 8.60. The smallest absolute Gasteiger partial charge is 0.0381 e. The van der Waals surface area contributed by atoms with Gasteiger partial charge in [0.05, 0.1) is 0 Å². The van der Waals surface area contributed by atoms with E-state index in [1.807, 2.05) is 0 Å². The van der Waals surface area contributed by atoms with E-state index in [1.54, 1.807) is 0 Å². The van der Waals surface area contributed by atoms with Crippen molar-refractivity contribution in [2.45, 2.75) is 33.1 Å². The van der Waals surface area contributed by atoms with E-state index in [0.29, 0.717) is 17.2 Å². The quantitative estimate of drug-likeness (QED) is 0.605. The Labute approximate surface area is 63.4 Å². The summed E-state index contributed by atoms with van der Waals surface area (Å²) in [5, 5.41) is 0.343. The van der Waals surface area contributed by atoms with E-state index in [4.69, 9.17) is 11.6 Å². The van der Waals surface area contributed by atoms with Crippen LogP contribution in [-0.2, 0) is 0 Å². The highest BCUT2D eigenvalue weighted by molar-refractivity contribution is 6.20. The Bertz CT molecular complexity index is 53.9. The minimum Gasteiger partial charge on any atom is -0.344 e. The SMILES string of the molecule is CC(C)C(Cl)C(C)C.N. The molecule has 0 aromatic heterocycles. The number of hydrogen-bond acceptors (Lipinski definition) is 1. The van der Waals surface area contributed by atoms with Crippen LogP contribution in [0.1, 0.15) is 27.7 Å². The van der Waals surface area contributed by atoms with Gasteiger partial charge >= 0.3 is 0 Å². The Kier molecular flexibility index (Phi) is 6.74. The van der Waals surface area contributed by atoms with E-state index >= 15 is 0 Å². The van der Waals surface area contributed by atoms with Crippen molar-refractivity contribution < 1.29 is 0 Å². The maximum Gasteiger partial charge on any atom is 0.0381 e. The van der Waals surface area contributed by atoms with Gasteiger partial charge in [-0.3, -0.25) is 0 Å². The van der Waals surface area contributed by atoms with Crippen molar-refractivity contribution in [2.75, 3.05) is 0 Å². The molecule has 0 aliphatic carbocycles. The second-order valence-corrected chi connectivity index (χ2v) is 3.44. The Morgan fingerprint density at radius 2 is 1.11 bits per heavy atom. The molecule has 0 fully saturated rings. The Hall–Kier alpha value is 0.250. The maximum absolute atomic E-state index is 5.95. The van der Waals surface area contributed by atoms with Gasteiger partial charge in [0.2, 0.25) is 0 Å². The standard InChI is InChI=1S/C7H15Cl.H3N/c1-5(2)7(8)6(3)4;/h5-7H,1-4H3;1H3. The molecule has 0 saturated heterocycles. The molecule has 0 heterocycles. The van der Waals surface area contributed by atoms with E-state index in [-0.39, 0.29) is 6.15 Å². The predicted octanol–water partition coefficient (Wildman–Crippen LogP) is 3.07. The Balaban J connectivity index is 0. The first-order valence-electron chi connectivity index (χ1n) is 3.19. The van der Waals surface area contributed by atoms with Crippen LogP contribution in [0.25, 0.3) is 0 Å². The fraction of sp³-hybridized carbons (Fsp3) is 1.00. The van der Waals surface area contributed by atoms with Crippen LogP contribution in [-0.4, -0.2) is 5.38 Å². The fourth-order valence-electron chi connectivity index (χ4n) is 0.770. The van der Waals surface area contributed by atoms with E-state index < -0.39 is 0 Å². The van der Waals surface area contributed by atoms with Crippen LogP contribution in [0.2, 0.25) is 0 Å². The second-order valence-electron chi connectivity index (χ2n) is 2.93. The average molecular weight is 152 g/mol. The molecule has 0 radical (unpaired) electrons. The van der Waals surface area contributed by atoms with Crippen molar-refractivity contribution in [2.24, 2.45) is 11.8 Å². The van der Waals surface area contributed by atoms with Crippen LogP contribution >= 0.6 is 11.6 Å². The number of alkyl halides is 1. The van der Waals surface area contributed by atoms with Crippen molar-refractivity contribution in [1.82, 2.24) is 6.15 Å². The lowest BCUT2D eigenvalue weighted by Crippen LogP contribution is -2.14. The van der Waals surface area contributed by atoms with E-state index in [9.17, 15) is 0 Å². The third kappa shape index (κ3) is 4.73. The average Bonchev–Trinajstić information content (AvgIpc) is 1.64. The van der Waals surface area contributed by atoms with Crippen LogP contribution in [0.15, 0.2) is 0 Å². The first-order valence-corrected chi connectivity index (χ1v) is 3.63. The maximum atomic E-state index is 5.95. The zero-order valence-electron chi connectivity index (χ0n) is 6.82. The highest BCUT2D eigenvalue weighted by Gasteiger charge is 2.12. The van der Waals surface area contributed by atoms with Gasteiger partial charge < -0.3 is 6.15 Å². The first kappa shape index (κ1) is 12.0. The van der Waals surface area contributed by atoms with Crippen molar-refractivity contribution in [3.8, 4) is 0 Å². The Morgan fingerprint density at radius 3 is 1.11 bits per heavy atom. The van der Waals surface area contributed by atoms with Crippen molar-refractivity contribution in [1.29, 1.82) is 0 Å². The summed E-state index contributed by atoms with van der Waals surface area (Å²) < 4.78 is 0. The molecular formula is C7H18ClN. The van der Waals surface area contributed by atoms with Crippen molar-refractivity contribution in [3.05, 3.63) is 0 Å². The van der Waals surface area contributed by atoms with E-state index in [2.05, 4.69) is 27.7 Å². The lowest BCUT2D eigenvalue weighted by Gasteiger charge is -2.16. The molecule has 0 aliphatic rings.